The Labute approximate surface area is 177 Å². The lowest BCUT2D eigenvalue weighted by Crippen LogP contribution is -2.41. The Morgan fingerprint density at radius 2 is 1.72 bits per heavy atom. The standard InChI is InChI=1S/C22H39NO5Si/c1-21(2,3)28-20(25)23-16-18(24)15-17-11-9-10-12-19(17)26-13-14-27-29(7,8)22(4,5)6/h9-12,18,24H,13-16H2,1-8H3,(H,23,25)/t18-/m0/s1. The molecule has 166 valence electrons. The van der Waals surface area contributed by atoms with E-state index >= 15 is 0 Å². The Balaban J connectivity index is 2.52. The number of hydrogen-bond acceptors (Lipinski definition) is 5. The van der Waals surface area contributed by atoms with Crippen molar-refractivity contribution in [3.05, 3.63) is 29.8 Å². The van der Waals surface area contributed by atoms with Crippen LogP contribution in [0.5, 0.6) is 5.75 Å². The van der Waals surface area contributed by atoms with Gasteiger partial charge in [-0.05, 0) is 50.5 Å². The van der Waals surface area contributed by atoms with E-state index < -0.39 is 26.1 Å². The van der Waals surface area contributed by atoms with Gasteiger partial charge in [0, 0.05) is 13.0 Å². The molecule has 0 heterocycles. The summed E-state index contributed by atoms with van der Waals surface area (Å²) in [7, 11) is -1.79. The highest BCUT2D eigenvalue weighted by atomic mass is 28.4. The number of amides is 1. The van der Waals surface area contributed by atoms with Crippen LogP contribution in [-0.2, 0) is 15.6 Å². The zero-order valence-corrected chi connectivity index (χ0v) is 20.3. The minimum atomic E-state index is -1.79. The first kappa shape index (κ1) is 25.5. The van der Waals surface area contributed by atoms with Crippen LogP contribution < -0.4 is 10.1 Å². The topological polar surface area (TPSA) is 77.0 Å². The van der Waals surface area contributed by atoms with Gasteiger partial charge in [-0.1, -0.05) is 39.0 Å². The number of aliphatic hydroxyl groups is 1. The molecule has 1 amide bonds. The summed E-state index contributed by atoms with van der Waals surface area (Å²) in [5.74, 6) is 0.725. The van der Waals surface area contributed by atoms with Crippen molar-refractivity contribution in [3.63, 3.8) is 0 Å². The fraction of sp³-hybridized carbons (Fsp3) is 0.682. The van der Waals surface area contributed by atoms with Crippen molar-refractivity contribution in [1.29, 1.82) is 0 Å². The van der Waals surface area contributed by atoms with E-state index in [9.17, 15) is 9.90 Å². The third-order valence-corrected chi connectivity index (χ3v) is 9.46. The monoisotopic (exact) mass is 425 g/mol. The van der Waals surface area contributed by atoms with Crippen molar-refractivity contribution in [3.8, 4) is 5.75 Å². The average Bonchev–Trinajstić information content (AvgIpc) is 2.55. The Morgan fingerprint density at radius 1 is 1.10 bits per heavy atom. The summed E-state index contributed by atoms with van der Waals surface area (Å²) in [6.45, 7) is 17.6. The molecule has 1 aromatic carbocycles. The molecule has 0 fully saturated rings. The molecule has 7 heteroatoms. The van der Waals surface area contributed by atoms with Gasteiger partial charge in [-0.25, -0.2) is 4.79 Å². The van der Waals surface area contributed by atoms with E-state index in [0.29, 0.717) is 19.6 Å². The van der Waals surface area contributed by atoms with E-state index in [2.05, 4.69) is 39.2 Å². The quantitative estimate of drug-likeness (QED) is 0.449. The molecule has 0 unspecified atom stereocenters. The molecule has 0 aliphatic heterocycles. The van der Waals surface area contributed by atoms with Gasteiger partial charge in [0.05, 0.1) is 12.7 Å². The Hall–Kier alpha value is -1.57. The molecular weight excluding hydrogens is 386 g/mol. The van der Waals surface area contributed by atoms with Gasteiger partial charge in [0.25, 0.3) is 0 Å². The molecule has 0 aliphatic carbocycles. The molecule has 0 aromatic heterocycles. The van der Waals surface area contributed by atoms with E-state index in [4.69, 9.17) is 13.9 Å². The molecule has 1 rings (SSSR count). The highest BCUT2D eigenvalue weighted by molar-refractivity contribution is 6.74. The highest BCUT2D eigenvalue weighted by Gasteiger charge is 2.36. The number of para-hydroxylation sites is 1. The van der Waals surface area contributed by atoms with Crippen LogP contribution in [0.4, 0.5) is 4.79 Å². The van der Waals surface area contributed by atoms with Crippen LogP contribution in [0.1, 0.15) is 47.1 Å². The second-order valence-corrected chi connectivity index (χ2v) is 14.6. The van der Waals surface area contributed by atoms with Crippen molar-refractivity contribution >= 4 is 14.4 Å². The van der Waals surface area contributed by atoms with Crippen molar-refractivity contribution < 1.29 is 23.8 Å². The molecule has 0 aliphatic rings. The number of hydrogen-bond donors (Lipinski definition) is 2. The van der Waals surface area contributed by atoms with Gasteiger partial charge in [0.1, 0.15) is 18.0 Å². The fourth-order valence-corrected chi connectivity index (χ4v) is 3.35. The smallest absolute Gasteiger partial charge is 0.407 e. The zero-order chi connectivity index (χ0) is 22.3. The minimum absolute atomic E-state index is 0.109. The van der Waals surface area contributed by atoms with Crippen LogP contribution in [-0.4, -0.2) is 51.0 Å². The number of carbonyl (C=O) groups is 1. The van der Waals surface area contributed by atoms with Gasteiger partial charge in [-0.2, -0.15) is 0 Å². The fourth-order valence-electron chi connectivity index (χ4n) is 2.32. The third-order valence-electron chi connectivity index (χ3n) is 4.92. The predicted octanol–water partition coefficient (Wildman–Crippen LogP) is 4.52. The number of alkyl carbamates (subject to hydrolysis) is 1. The zero-order valence-electron chi connectivity index (χ0n) is 19.3. The highest BCUT2D eigenvalue weighted by Crippen LogP contribution is 2.36. The van der Waals surface area contributed by atoms with Gasteiger partial charge >= 0.3 is 6.09 Å². The Morgan fingerprint density at radius 3 is 2.31 bits per heavy atom. The van der Waals surface area contributed by atoms with Crippen molar-refractivity contribution in [2.75, 3.05) is 19.8 Å². The van der Waals surface area contributed by atoms with Crippen LogP contribution in [0.2, 0.25) is 18.1 Å². The number of carbonyl (C=O) groups excluding carboxylic acids is 1. The van der Waals surface area contributed by atoms with Gasteiger partial charge in [-0.15, -0.1) is 0 Å². The summed E-state index contributed by atoms with van der Waals surface area (Å²) in [5, 5.41) is 13.1. The minimum Gasteiger partial charge on any atom is -0.491 e. The lowest BCUT2D eigenvalue weighted by molar-refractivity contribution is 0.0491. The van der Waals surface area contributed by atoms with Crippen LogP contribution in [0.25, 0.3) is 0 Å². The van der Waals surface area contributed by atoms with E-state index in [1.54, 1.807) is 20.8 Å². The molecular formula is C22H39NO5Si. The molecule has 0 radical (unpaired) electrons. The van der Waals surface area contributed by atoms with Gasteiger partial charge in [0.15, 0.2) is 8.32 Å². The predicted molar refractivity (Wildman–Crippen MR) is 119 cm³/mol. The number of benzene rings is 1. The maximum absolute atomic E-state index is 11.7. The maximum Gasteiger partial charge on any atom is 0.407 e. The van der Waals surface area contributed by atoms with Crippen LogP contribution in [0, 0.1) is 0 Å². The number of aliphatic hydroxyl groups excluding tert-OH is 1. The van der Waals surface area contributed by atoms with Crippen LogP contribution in [0.15, 0.2) is 24.3 Å². The second kappa shape index (κ2) is 10.5. The molecule has 29 heavy (non-hydrogen) atoms. The summed E-state index contributed by atoms with van der Waals surface area (Å²) >= 11 is 0. The average molecular weight is 426 g/mol. The number of ether oxygens (including phenoxy) is 2. The third kappa shape index (κ3) is 9.65. The van der Waals surface area contributed by atoms with E-state index in [-0.39, 0.29) is 11.6 Å². The molecule has 1 atom stereocenters. The summed E-state index contributed by atoms with van der Waals surface area (Å²) in [4.78, 5) is 11.7. The second-order valence-electron chi connectivity index (χ2n) is 9.81. The van der Waals surface area contributed by atoms with Crippen LogP contribution >= 0.6 is 0 Å². The normalized spacial score (nSPS) is 13.7. The van der Waals surface area contributed by atoms with Crippen molar-refractivity contribution in [1.82, 2.24) is 5.32 Å². The summed E-state index contributed by atoms with van der Waals surface area (Å²) in [6, 6.07) is 7.61. The van der Waals surface area contributed by atoms with Crippen LogP contribution in [0.3, 0.4) is 0 Å². The van der Waals surface area contributed by atoms with Crippen molar-refractivity contribution in [2.24, 2.45) is 0 Å². The molecule has 0 saturated carbocycles. The van der Waals surface area contributed by atoms with Gasteiger partial charge < -0.3 is 24.3 Å². The van der Waals surface area contributed by atoms with Gasteiger partial charge in [0.2, 0.25) is 0 Å². The first-order valence-electron chi connectivity index (χ1n) is 10.2. The van der Waals surface area contributed by atoms with E-state index in [1.807, 2.05) is 24.3 Å². The summed E-state index contributed by atoms with van der Waals surface area (Å²) in [5.41, 5.74) is 0.320. The van der Waals surface area contributed by atoms with E-state index in [0.717, 1.165) is 11.3 Å². The Bertz CT molecular complexity index is 649. The van der Waals surface area contributed by atoms with Gasteiger partial charge in [-0.3, -0.25) is 0 Å². The summed E-state index contributed by atoms with van der Waals surface area (Å²) in [6.07, 6.45) is -0.908. The number of nitrogens with one attached hydrogen (secondary N) is 1. The molecule has 0 spiro atoms. The van der Waals surface area contributed by atoms with E-state index in [1.165, 1.54) is 0 Å². The molecule has 0 saturated heterocycles. The maximum atomic E-state index is 11.7. The number of rotatable bonds is 9. The SMILES string of the molecule is CC(C)(C)OC(=O)NC[C@@H](O)Cc1ccccc1OCCO[Si](C)(C)C(C)(C)C. The molecule has 1 aromatic rings. The molecule has 6 nitrogen and oxygen atoms in total. The largest absolute Gasteiger partial charge is 0.491 e. The molecule has 2 N–H and O–H groups in total. The lowest BCUT2D eigenvalue weighted by atomic mass is 10.1. The van der Waals surface area contributed by atoms with Crippen molar-refractivity contribution in [2.45, 2.75) is 77.8 Å². The lowest BCUT2D eigenvalue weighted by Gasteiger charge is -2.36. The summed E-state index contributed by atoms with van der Waals surface area (Å²) < 4.78 is 17.2. The molecule has 0 bridgehead atoms. The Kier molecular flexibility index (Phi) is 9.18. The first-order chi connectivity index (χ1) is 13.2. The first-order valence-corrected chi connectivity index (χ1v) is 13.1.